The quantitative estimate of drug-likeness (QED) is 0.234. The van der Waals surface area contributed by atoms with E-state index in [1.807, 2.05) is 0 Å². The van der Waals surface area contributed by atoms with Crippen LogP contribution < -0.4 is 9.47 Å². The summed E-state index contributed by atoms with van der Waals surface area (Å²) in [7, 11) is 0. The average molecular weight is 431 g/mol. The van der Waals surface area contributed by atoms with E-state index >= 15 is 0 Å². The molecule has 5 heterocycles. The van der Waals surface area contributed by atoms with Gasteiger partial charge in [-0.3, -0.25) is 0 Å². The molecule has 3 nitrogen and oxygen atoms in total. The standard InChI is InChI=1S/C30H28N3/c1-18-7-3-8-19(2)26(18)25-17-32-16-21-9-4-11-22-27(21)30(32)33(25)24-15-20-10-5-13-31-14-6-12-23(28(22)24)29(20)31/h3-4,7-9,11,15,17H,5-6,10,12-14,16H2,1-2H3/q+1. The molecule has 3 aliphatic rings. The first kappa shape index (κ1) is 18.1. The summed E-state index contributed by atoms with van der Waals surface area (Å²) >= 11 is 0. The van der Waals surface area contributed by atoms with Gasteiger partial charge in [0.15, 0.2) is 5.69 Å². The molecule has 5 aromatic rings. The van der Waals surface area contributed by atoms with Crippen LogP contribution in [0, 0.1) is 13.8 Å². The first-order chi connectivity index (χ1) is 16.2. The number of nitrogens with zero attached hydrogens (tertiary/aromatic N) is 3. The van der Waals surface area contributed by atoms with E-state index in [1.54, 1.807) is 16.8 Å². The maximum absolute atomic E-state index is 2.68. The SMILES string of the molecule is Cc1cccc(C)c1-c1c[n+]2c3c4c(cccc4c4c5c6c(cc4n13)CCCN6CCC5)C2. The molecule has 162 valence electrons. The highest BCUT2D eigenvalue weighted by atomic mass is 15.2. The topological polar surface area (TPSA) is 11.5 Å². The lowest BCUT2D eigenvalue weighted by Crippen LogP contribution is -2.34. The number of benzene rings is 3. The van der Waals surface area contributed by atoms with Crippen LogP contribution in [-0.4, -0.2) is 17.5 Å². The van der Waals surface area contributed by atoms with Gasteiger partial charge in [-0.2, -0.15) is 4.40 Å². The minimum absolute atomic E-state index is 0.971. The molecular weight excluding hydrogens is 402 g/mol. The fourth-order valence-corrected chi connectivity index (χ4v) is 7.23. The summed E-state index contributed by atoms with van der Waals surface area (Å²) in [6.07, 6.45) is 7.35. The van der Waals surface area contributed by atoms with Crippen LogP contribution in [0.3, 0.4) is 0 Å². The molecule has 3 aromatic carbocycles. The molecule has 3 heteroatoms. The second kappa shape index (κ2) is 6.17. The number of rotatable bonds is 1. The lowest BCUT2D eigenvalue weighted by Gasteiger charge is -2.37. The molecule has 0 radical (unpaired) electrons. The van der Waals surface area contributed by atoms with E-state index in [0.717, 1.165) is 6.54 Å². The Bertz CT molecular complexity index is 1650. The number of fused-ring (bicyclic) bond motifs is 4. The van der Waals surface area contributed by atoms with Crippen molar-refractivity contribution in [3.8, 4) is 11.3 Å². The lowest BCUT2D eigenvalue weighted by molar-refractivity contribution is -0.657. The summed E-state index contributed by atoms with van der Waals surface area (Å²) in [6, 6.07) is 16.2. The van der Waals surface area contributed by atoms with Crippen molar-refractivity contribution < 1.29 is 4.57 Å². The summed E-state index contributed by atoms with van der Waals surface area (Å²) in [5, 5.41) is 4.42. The number of aromatic nitrogens is 2. The van der Waals surface area contributed by atoms with Crippen molar-refractivity contribution >= 4 is 33.0 Å². The molecule has 0 atom stereocenters. The van der Waals surface area contributed by atoms with E-state index in [4.69, 9.17) is 0 Å². The van der Waals surface area contributed by atoms with Gasteiger partial charge in [0.1, 0.15) is 18.3 Å². The molecule has 0 N–H and O–H groups in total. The van der Waals surface area contributed by atoms with Gasteiger partial charge in [-0.15, -0.1) is 0 Å². The van der Waals surface area contributed by atoms with Gasteiger partial charge in [-0.1, -0.05) is 36.4 Å². The monoisotopic (exact) mass is 430 g/mol. The fraction of sp³-hybridized carbons (Fsp3) is 0.300. The molecule has 0 bridgehead atoms. The van der Waals surface area contributed by atoms with Gasteiger partial charge in [0, 0.05) is 40.7 Å². The molecule has 0 unspecified atom stereocenters. The van der Waals surface area contributed by atoms with E-state index < -0.39 is 0 Å². The van der Waals surface area contributed by atoms with E-state index in [0.29, 0.717) is 0 Å². The minimum atomic E-state index is 0.971. The third-order valence-corrected chi connectivity index (χ3v) is 8.47. The van der Waals surface area contributed by atoms with Gasteiger partial charge >= 0.3 is 0 Å². The normalized spacial score (nSPS) is 16.5. The fourth-order valence-electron chi connectivity index (χ4n) is 7.23. The molecule has 8 rings (SSSR count). The number of anilines is 1. The Hall–Kier alpha value is -3.33. The van der Waals surface area contributed by atoms with Crippen LogP contribution in [-0.2, 0) is 19.4 Å². The Balaban J connectivity index is 1.65. The largest absolute Gasteiger partial charge is 0.371 e. The van der Waals surface area contributed by atoms with Crippen molar-refractivity contribution in [3.63, 3.8) is 0 Å². The Labute approximate surface area is 193 Å². The summed E-state index contributed by atoms with van der Waals surface area (Å²) in [5.41, 5.74) is 14.4. The molecular formula is C30H28N3+. The molecule has 3 aliphatic heterocycles. The van der Waals surface area contributed by atoms with Crippen molar-refractivity contribution in [1.82, 2.24) is 4.40 Å². The third-order valence-electron chi connectivity index (χ3n) is 8.47. The highest BCUT2D eigenvalue weighted by molar-refractivity contribution is 6.16. The number of imidazole rings is 1. The molecule has 0 spiro atoms. The van der Waals surface area contributed by atoms with Gasteiger partial charge in [-0.25, -0.2) is 4.57 Å². The predicted molar refractivity (Wildman–Crippen MR) is 135 cm³/mol. The van der Waals surface area contributed by atoms with Crippen molar-refractivity contribution in [1.29, 1.82) is 0 Å². The summed E-state index contributed by atoms with van der Waals surface area (Å²) in [5.74, 6) is 0. The summed E-state index contributed by atoms with van der Waals surface area (Å²) in [6.45, 7) is 7.92. The molecule has 0 saturated carbocycles. The highest BCUT2D eigenvalue weighted by Gasteiger charge is 2.35. The predicted octanol–water partition coefficient (Wildman–Crippen LogP) is 5.88. The number of aryl methyl sites for hydroxylation is 4. The Morgan fingerprint density at radius 3 is 2.48 bits per heavy atom. The zero-order chi connectivity index (χ0) is 21.8. The van der Waals surface area contributed by atoms with Gasteiger partial charge < -0.3 is 4.90 Å². The van der Waals surface area contributed by atoms with Crippen LogP contribution in [0.1, 0.15) is 40.7 Å². The Morgan fingerprint density at radius 2 is 1.64 bits per heavy atom. The van der Waals surface area contributed by atoms with Crippen LogP contribution >= 0.6 is 0 Å². The van der Waals surface area contributed by atoms with Crippen molar-refractivity contribution in [2.24, 2.45) is 0 Å². The third kappa shape index (κ3) is 2.18. The van der Waals surface area contributed by atoms with Crippen LogP contribution in [0.5, 0.6) is 0 Å². The molecule has 0 saturated heterocycles. The zero-order valence-corrected chi connectivity index (χ0v) is 19.4. The van der Waals surface area contributed by atoms with Crippen molar-refractivity contribution in [3.05, 3.63) is 76.5 Å². The maximum Gasteiger partial charge on any atom is 0.295 e. The van der Waals surface area contributed by atoms with Gasteiger partial charge in [-0.05, 0) is 67.9 Å². The Morgan fingerprint density at radius 1 is 0.848 bits per heavy atom. The second-order valence-corrected chi connectivity index (χ2v) is 10.4. The Kier molecular flexibility index (Phi) is 3.39. The smallest absolute Gasteiger partial charge is 0.295 e. The second-order valence-electron chi connectivity index (χ2n) is 10.4. The number of hydrogen-bond donors (Lipinski definition) is 0. The first-order valence-corrected chi connectivity index (χ1v) is 12.5. The van der Waals surface area contributed by atoms with Gasteiger partial charge in [0.05, 0.1) is 5.39 Å². The van der Waals surface area contributed by atoms with Crippen molar-refractivity contribution in [2.75, 3.05) is 18.0 Å². The molecule has 33 heavy (non-hydrogen) atoms. The average Bonchev–Trinajstić information content (AvgIpc) is 3.36. The van der Waals surface area contributed by atoms with Crippen LogP contribution in [0.15, 0.2) is 48.7 Å². The zero-order valence-electron chi connectivity index (χ0n) is 19.4. The van der Waals surface area contributed by atoms with Gasteiger partial charge in [0.25, 0.3) is 5.65 Å². The van der Waals surface area contributed by atoms with E-state index in [2.05, 4.69) is 76.4 Å². The molecule has 0 aliphatic carbocycles. The first-order valence-electron chi connectivity index (χ1n) is 12.5. The lowest BCUT2D eigenvalue weighted by atomic mass is 9.87. The number of hydrogen-bond acceptors (Lipinski definition) is 1. The molecule has 2 aromatic heterocycles. The van der Waals surface area contributed by atoms with Crippen LogP contribution in [0.2, 0.25) is 0 Å². The van der Waals surface area contributed by atoms with E-state index in [9.17, 15) is 0 Å². The molecule has 0 fully saturated rings. The molecule has 0 amide bonds. The van der Waals surface area contributed by atoms with Crippen molar-refractivity contribution in [2.45, 2.75) is 46.1 Å². The number of pyridine rings is 1. The van der Waals surface area contributed by atoms with E-state index in [1.165, 1.54) is 94.0 Å². The summed E-state index contributed by atoms with van der Waals surface area (Å²) < 4.78 is 5.11. The maximum atomic E-state index is 2.68. The highest BCUT2D eigenvalue weighted by Crippen LogP contribution is 2.45. The van der Waals surface area contributed by atoms with E-state index in [-0.39, 0.29) is 0 Å². The van der Waals surface area contributed by atoms with Crippen LogP contribution in [0.4, 0.5) is 5.69 Å². The van der Waals surface area contributed by atoms with Gasteiger partial charge in [0.2, 0.25) is 0 Å². The van der Waals surface area contributed by atoms with Crippen LogP contribution in [0.25, 0.3) is 38.6 Å². The summed E-state index contributed by atoms with van der Waals surface area (Å²) in [4.78, 5) is 2.68. The minimum Gasteiger partial charge on any atom is -0.371 e.